The highest BCUT2D eigenvalue weighted by Crippen LogP contribution is 2.23. The van der Waals surface area contributed by atoms with Crippen LogP contribution in [-0.4, -0.2) is 29.3 Å². The number of anilines is 1. The molecule has 0 aromatic heterocycles. The molecular formula is C17H24N2O2. The van der Waals surface area contributed by atoms with E-state index in [1.807, 2.05) is 32.0 Å². The molecule has 1 fully saturated rings. The Morgan fingerprint density at radius 2 is 1.90 bits per heavy atom. The van der Waals surface area contributed by atoms with Gasteiger partial charge in [0, 0.05) is 18.7 Å². The molecule has 4 nitrogen and oxygen atoms in total. The van der Waals surface area contributed by atoms with Gasteiger partial charge in [-0.15, -0.1) is 0 Å². The monoisotopic (exact) mass is 288 g/mol. The maximum absolute atomic E-state index is 12.2. The van der Waals surface area contributed by atoms with E-state index in [4.69, 9.17) is 0 Å². The van der Waals surface area contributed by atoms with Crippen LogP contribution in [0.4, 0.5) is 5.69 Å². The van der Waals surface area contributed by atoms with Crippen LogP contribution < -0.4 is 5.32 Å². The van der Waals surface area contributed by atoms with Gasteiger partial charge in [-0.05, 0) is 38.3 Å². The van der Waals surface area contributed by atoms with Crippen molar-refractivity contribution in [1.29, 1.82) is 0 Å². The SMILES string of the molecule is CC(=O)N(CC(=O)Nc1ccc(C)cc1C)C1CCCC1. The Kier molecular flexibility index (Phi) is 4.99. The molecule has 0 spiro atoms. The van der Waals surface area contributed by atoms with Gasteiger partial charge < -0.3 is 10.2 Å². The van der Waals surface area contributed by atoms with E-state index >= 15 is 0 Å². The van der Waals surface area contributed by atoms with Crippen LogP contribution >= 0.6 is 0 Å². The number of nitrogens with one attached hydrogen (secondary N) is 1. The van der Waals surface area contributed by atoms with Crippen LogP contribution in [0.25, 0.3) is 0 Å². The second kappa shape index (κ2) is 6.74. The highest BCUT2D eigenvalue weighted by Gasteiger charge is 2.26. The van der Waals surface area contributed by atoms with Crippen molar-refractivity contribution in [1.82, 2.24) is 4.90 Å². The third kappa shape index (κ3) is 4.06. The third-order valence-corrected chi connectivity index (χ3v) is 4.14. The molecule has 21 heavy (non-hydrogen) atoms. The maximum atomic E-state index is 12.2. The first kappa shape index (κ1) is 15.5. The van der Waals surface area contributed by atoms with E-state index in [9.17, 15) is 9.59 Å². The van der Waals surface area contributed by atoms with Crippen LogP contribution in [0, 0.1) is 13.8 Å². The number of benzene rings is 1. The Labute approximate surface area is 126 Å². The molecule has 2 rings (SSSR count). The van der Waals surface area contributed by atoms with Crippen molar-refractivity contribution in [3.8, 4) is 0 Å². The van der Waals surface area contributed by atoms with Gasteiger partial charge in [-0.1, -0.05) is 30.5 Å². The minimum absolute atomic E-state index is 0.0160. The van der Waals surface area contributed by atoms with Gasteiger partial charge in [0.15, 0.2) is 0 Å². The summed E-state index contributed by atoms with van der Waals surface area (Å²) in [7, 11) is 0. The maximum Gasteiger partial charge on any atom is 0.244 e. The van der Waals surface area contributed by atoms with Crippen LogP contribution in [0.5, 0.6) is 0 Å². The molecule has 4 heteroatoms. The second-order valence-corrected chi connectivity index (χ2v) is 5.95. The van der Waals surface area contributed by atoms with Gasteiger partial charge in [0.2, 0.25) is 11.8 Å². The highest BCUT2D eigenvalue weighted by atomic mass is 16.2. The lowest BCUT2D eigenvalue weighted by Crippen LogP contribution is -2.42. The van der Waals surface area contributed by atoms with E-state index in [1.54, 1.807) is 11.8 Å². The number of hydrogen-bond donors (Lipinski definition) is 1. The lowest BCUT2D eigenvalue weighted by molar-refractivity contribution is -0.135. The molecule has 1 aliphatic rings. The summed E-state index contributed by atoms with van der Waals surface area (Å²) in [5.74, 6) is -0.137. The van der Waals surface area contributed by atoms with E-state index in [0.717, 1.165) is 36.9 Å². The number of rotatable bonds is 4. The van der Waals surface area contributed by atoms with E-state index in [1.165, 1.54) is 5.56 Å². The minimum atomic E-state index is -0.121. The Hall–Kier alpha value is -1.84. The fourth-order valence-electron chi connectivity index (χ4n) is 3.01. The van der Waals surface area contributed by atoms with E-state index in [-0.39, 0.29) is 24.4 Å². The molecule has 0 unspecified atom stereocenters. The van der Waals surface area contributed by atoms with Crippen molar-refractivity contribution >= 4 is 17.5 Å². The normalized spacial score (nSPS) is 15.0. The summed E-state index contributed by atoms with van der Waals surface area (Å²) in [4.78, 5) is 25.7. The molecule has 1 saturated carbocycles. The Morgan fingerprint density at radius 1 is 1.24 bits per heavy atom. The number of amides is 2. The zero-order valence-electron chi connectivity index (χ0n) is 13.1. The third-order valence-electron chi connectivity index (χ3n) is 4.14. The fraction of sp³-hybridized carbons (Fsp3) is 0.529. The van der Waals surface area contributed by atoms with Gasteiger partial charge in [0.05, 0.1) is 0 Å². The summed E-state index contributed by atoms with van der Waals surface area (Å²) < 4.78 is 0. The molecule has 1 aromatic rings. The van der Waals surface area contributed by atoms with E-state index < -0.39 is 0 Å². The largest absolute Gasteiger partial charge is 0.331 e. The molecule has 1 aliphatic carbocycles. The summed E-state index contributed by atoms with van der Waals surface area (Å²) in [6, 6.07) is 6.15. The number of carbonyl (C=O) groups excluding carboxylic acids is 2. The van der Waals surface area contributed by atoms with Crippen molar-refractivity contribution in [2.75, 3.05) is 11.9 Å². The summed E-state index contributed by atoms with van der Waals surface area (Å²) in [6.45, 7) is 5.69. The topological polar surface area (TPSA) is 49.4 Å². The van der Waals surface area contributed by atoms with Crippen molar-refractivity contribution in [3.05, 3.63) is 29.3 Å². The summed E-state index contributed by atoms with van der Waals surface area (Å²) in [6.07, 6.45) is 4.31. The van der Waals surface area contributed by atoms with Crippen LogP contribution in [0.3, 0.4) is 0 Å². The van der Waals surface area contributed by atoms with Gasteiger partial charge >= 0.3 is 0 Å². The number of hydrogen-bond acceptors (Lipinski definition) is 2. The van der Waals surface area contributed by atoms with Gasteiger partial charge in [-0.3, -0.25) is 9.59 Å². The zero-order chi connectivity index (χ0) is 15.4. The Morgan fingerprint density at radius 3 is 2.48 bits per heavy atom. The Balaban J connectivity index is 2.00. The summed E-state index contributed by atoms with van der Waals surface area (Å²) in [5, 5.41) is 2.91. The van der Waals surface area contributed by atoms with Crippen LogP contribution in [-0.2, 0) is 9.59 Å². The molecule has 0 saturated heterocycles. The molecule has 2 amide bonds. The molecule has 0 atom stereocenters. The minimum Gasteiger partial charge on any atom is -0.331 e. The van der Waals surface area contributed by atoms with Crippen molar-refractivity contribution in [3.63, 3.8) is 0 Å². The van der Waals surface area contributed by atoms with Crippen LogP contribution in [0.15, 0.2) is 18.2 Å². The van der Waals surface area contributed by atoms with E-state index in [2.05, 4.69) is 5.32 Å². The molecule has 0 heterocycles. The summed E-state index contributed by atoms with van der Waals surface area (Å²) in [5.41, 5.74) is 3.03. The molecular weight excluding hydrogens is 264 g/mol. The number of carbonyl (C=O) groups is 2. The lowest BCUT2D eigenvalue weighted by atomic mass is 10.1. The molecule has 0 bridgehead atoms. The first-order valence-corrected chi connectivity index (χ1v) is 7.61. The number of aryl methyl sites for hydroxylation is 2. The standard InChI is InChI=1S/C17H24N2O2/c1-12-8-9-16(13(2)10-12)18-17(21)11-19(14(3)20)15-6-4-5-7-15/h8-10,15H,4-7,11H2,1-3H3,(H,18,21). The van der Waals surface area contributed by atoms with Crippen molar-refractivity contribution < 1.29 is 9.59 Å². The first-order valence-electron chi connectivity index (χ1n) is 7.61. The van der Waals surface area contributed by atoms with Crippen molar-refractivity contribution in [2.45, 2.75) is 52.5 Å². The zero-order valence-corrected chi connectivity index (χ0v) is 13.1. The van der Waals surface area contributed by atoms with Gasteiger partial charge in [0.1, 0.15) is 6.54 Å². The molecule has 114 valence electrons. The van der Waals surface area contributed by atoms with Crippen LogP contribution in [0.1, 0.15) is 43.7 Å². The molecule has 1 aromatic carbocycles. The van der Waals surface area contributed by atoms with E-state index in [0.29, 0.717) is 0 Å². The fourth-order valence-corrected chi connectivity index (χ4v) is 3.01. The smallest absolute Gasteiger partial charge is 0.244 e. The Bertz CT molecular complexity index is 534. The quantitative estimate of drug-likeness (QED) is 0.925. The molecule has 0 radical (unpaired) electrons. The first-order chi connectivity index (χ1) is 9.97. The predicted molar refractivity (Wildman–Crippen MR) is 84.2 cm³/mol. The van der Waals surface area contributed by atoms with Crippen LogP contribution in [0.2, 0.25) is 0 Å². The molecule has 0 aliphatic heterocycles. The average molecular weight is 288 g/mol. The van der Waals surface area contributed by atoms with Gasteiger partial charge in [-0.25, -0.2) is 0 Å². The van der Waals surface area contributed by atoms with Crippen molar-refractivity contribution in [2.24, 2.45) is 0 Å². The number of nitrogens with zero attached hydrogens (tertiary/aromatic N) is 1. The highest BCUT2D eigenvalue weighted by molar-refractivity contribution is 5.95. The summed E-state index contributed by atoms with van der Waals surface area (Å²) >= 11 is 0. The second-order valence-electron chi connectivity index (χ2n) is 5.95. The average Bonchev–Trinajstić information content (AvgIpc) is 2.92. The lowest BCUT2D eigenvalue weighted by Gasteiger charge is -2.27. The van der Waals surface area contributed by atoms with Gasteiger partial charge in [-0.2, -0.15) is 0 Å². The molecule has 1 N–H and O–H groups in total. The van der Waals surface area contributed by atoms with Gasteiger partial charge in [0.25, 0.3) is 0 Å². The predicted octanol–water partition coefficient (Wildman–Crippen LogP) is 3.03.